The van der Waals surface area contributed by atoms with Crippen LogP contribution in [0, 0.1) is 5.92 Å². The number of aliphatic carboxylic acids is 1. The maximum atomic E-state index is 11.4. The van der Waals surface area contributed by atoms with Crippen molar-refractivity contribution >= 4 is 5.97 Å². The van der Waals surface area contributed by atoms with Gasteiger partial charge in [-0.25, -0.2) is 0 Å². The van der Waals surface area contributed by atoms with Crippen LogP contribution in [-0.4, -0.2) is 58.6 Å². The molecule has 0 bridgehead atoms. The molecule has 4 nitrogen and oxygen atoms in total. The van der Waals surface area contributed by atoms with Crippen LogP contribution in [-0.2, 0) is 4.79 Å². The molecule has 1 aliphatic carbocycles. The molecule has 1 N–H and O–H groups in total. The van der Waals surface area contributed by atoms with Gasteiger partial charge in [0.15, 0.2) is 0 Å². The van der Waals surface area contributed by atoms with Crippen molar-refractivity contribution in [3.63, 3.8) is 0 Å². The summed E-state index contributed by atoms with van der Waals surface area (Å²) in [5, 5.41) is 9.40. The average molecular weight is 266 g/mol. The molecule has 2 saturated heterocycles. The highest BCUT2D eigenvalue weighted by atomic mass is 16.4. The second kappa shape index (κ2) is 5.41. The van der Waals surface area contributed by atoms with Crippen LogP contribution in [0.1, 0.15) is 45.4 Å². The number of hydrogen-bond donors (Lipinski definition) is 1. The van der Waals surface area contributed by atoms with Crippen LogP contribution < -0.4 is 0 Å². The molecule has 4 unspecified atom stereocenters. The smallest absolute Gasteiger partial charge is 0.308 e. The molecule has 4 atom stereocenters. The van der Waals surface area contributed by atoms with Gasteiger partial charge in [-0.1, -0.05) is 12.8 Å². The summed E-state index contributed by atoms with van der Waals surface area (Å²) in [5.41, 5.74) is 0. The van der Waals surface area contributed by atoms with Gasteiger partial charge in [-0.05, 0) is 39.2 Å². The van der Waals surface area contributed by atoms with Crippen molar-refractivity contribution in [2.24, 2.45) is 5.92 Å². The first kappa shape index (κ1) is 13.4. The Hall–Kier alpha value is -0.610. The quantitative estimate of drug-likeness (QED) is 0.827. The number of carboxylic acids is 1. The number of fused-ring (bicyclic) bond motifs is 1. The molecule has 2 heterocycles. The van der Waals surface area contributed by atoms with Gasteiger partial charge in [0.05, 0.1) is 5.92 Å². The number of carbonyl (C=O) groups is 1. The molecule has 0 aromatic rings. The third-order valence-electron chi connectivity index (χ3n) is 5.46. The van der Waals surface area contributed by atoms with Gasteiger partial charge in [-0.15, -0.1) is 0 Å². The Morgan fingerprint density at radius 1 is 1.11 bits per heavy atom. The highest BCUT2D eigenvalue weighted by Crippen LogP contribution is 2.34. The molecule has 0 aromatic heterocycles. The molecular weight excluding hydrogens is 240 g/mol. The molecule has 108 valence electrons. The molecule has 4 heteroatoms. The molecular formula is C15H26N2O2. The summed E-state index contributed by atoms with van der Waals surface area (Å²) in [6.07, 6.45) is 7.01. The Morgan fingerprint density at radius 2 is 1.95 bits per heavy atom. The van der Waals surface area contributed by atoms with Crippen LogP contribution in [0.2, 0.25) is 0 Å². The fourth-order valence-corrected chi connectivity index (χ4v) is 4.46. The van der Waals surface area contributed by atoms with Gasteiger partial charge >= 0.3 is 5.97 Å². The van der Waals surface area contributed by atoms with Crippen LogP contribution in [0.5, 0.6) is 0 Å². The van der Waals surface area contributed by atoms with E-state index < -0.39 is 5.97 Å². The number of rotatable bonds is 2. The topological polar surface area (TPSA) is 43.8 Å². The zero-order chi connectivity index (χ0) is 13.4. The summed E-state index contributed by atoms with van der Waals surface area (Å²) < 4.78 is 0. The molecule has 0 aromatic carbocycles. The maximum absolute atomic E-state index is 11.4. The lowest BCUT2D eigenvalue weighted by atomic mass is 9.93. The first-order valence-corrected chi connectivity index (χ1v) is 7.89. The summed E-state index contributed by atoms with van der Waals surface area (Å²) in [6, 6.07) is 1.48. The second-order valence-electron chi connectivity index (χ2n) is 6.63. The standard InChI is InChI=1S/C15H26N2O2/c1-11-9-16-8-3-2-5-12(16)10-17(11)14-7-4-6-13(14)15(18)19/h11-14H,2-10H2,1H3,(H,18,19). The van der Waals surface area contributed by atoms with E-state index in [1.807, 2.05) is 0 Å². The minimum Gasteiger partial charge on any atom is -0.481 e. The van der Waals surface area contributed by atoms with Crippen molar-refractivity contribution < 1.29 is 9.90 Å². The van der Waals surface area contributed by atoms with E-state index in [2.05, 4.69) is 16.7 Å². The van der Waals surface area contributed by atoms with Gasteiger partial charge < -0.3 is 5.11 Å². The Balaban J connectivity index is 1.71. The molecule has 0 radical (unpaired) electrons. The SMILES string of the molecule is CC1CN2CCCCC2CN1C1CCCC1C(=O)O. The Bertz CT molecular complexity index is 347. The van der Waals surface area contributed by atoms with E-state index in [-0.39, 0.29) is 12.0 Å². The first-order chi connectivity index (χ1) is 9.16. The van der Waals surface area contributed by atoms with E-state index in [4.69, 9.17) is 0 Å². The van der Waals surface area contributed by atoms with Crippen LogP contribution in [0.25, 0.3) is 0 Å². The monoisotopic (exact) mass is 266 g/mol. The molecule has 1 saturated carbocycles. The van der Waals surface area contributed by atoms with Gasteiger partial charge in [0.25, 0.3) is 0 Å². The van der Waals surface area contributed by atoms with Crippen molar-refractivity contribution in [3.8, 4) is 0 Å². The van der Waals surface area contributed by atoms with Crippen LogP contribution >= 0.6 is 0 Å². The summed E-state index contributed by atoms with van der Waals surface area (Å²) in [4.78, 5) is 16.6. The number of piperazine rings is 1. The van der Waals surface area contributed by atoms with Crippen molar-refractivity contribution in [1.29, 1.82) is 0 Å². The lowest BCUT2D eigenvalue weighted by Gasteiger charge is -2.50. The Morgan fingerprint density at radius 3 is 2.74 bits per heavy atom. The van der Waals surface area contributed by atoms with Crippen molar-refractivity contribution in [1.82, 2.24) is 9.80 Å². The minimum absolute atomic E-state index is 0.127. The number of piperidine rings is 1. The van der Waals surface area contributed by atoms with Gasteiger partial charge in [-0.3, -0.25) is 14.6 Å². The largest absolute Gasteiger partial charge is 0.481 e. The normalized spacial score (nSPS) is 41.1. The van der Waals surface area contributed by atoms with E-state index in [1.165, 1.54) is 25.8 Å². The van der Waals surface area contributed by atoms with Gasteiger partial charge in [0.1, 0.15) is 0 Å². The zero-order valence-electron chi connectivity index (χ0n) is 11.9. The van der Waals surface area contributed by atoms with E-state index in [0.29, 0.717) is 12.1 Å². The number of hydrogen-bond acceptors (Lipinski definition) is 3. The third-order valence-corrected chi connectivity index (χ3v) is 5.46. The van der Waals surface area contributed by atoms with Crippen molar-refractivity contribution in [2.45, 2.75) is 63.6 Å². The lowest BCUT2D eigenvalue weighted by Crippen LogP contribution is -2.61. The van der Waals surface area contributed by atoms with Crippen molar-refractivity contribution in [2.75, 3.05) is 19.6 Å². The van der Waals surface area contributed by atoms with E-state index in [1.54, 1.807) is 0 Å². The maximum Gasteiger partial charge on any atom is 0.308 e. The van der Waals surface area contributed by atoms with E-state index in [9.17, 15) is 9.90 Å². The molecule has 3 rings (SSSR count). The third kappa shape index (κ3) is 2.52. The van der Waals surface area contributed by atoms with Crippen LogP contribution in [0.15, 0.2) is 0 Å². The molecule has 0 amide bonds. The predicted molar refractivity (Wildman–Crippen MR) is 74.1 cm³/mol. The van der Waals surface area contributed by atoms with Crippen LogP contribution in [0.4, 0.5) is 0 Å². The van der Waals surface area contributed by atoms with E-state index in [0.717, 1.165) is 32.4 Å². The molecule has 0 spiro atoms. The molecule has 3 fully saturated rings. The Kier molecular flexibility index (Phi) is 3.81. The van der Waals surface area contributed by atoms with Crippen LogP contribution in [0.3, 0.4) is 0 Å². The summed E-state index contributed by atoms with van der Waals surface area (Å²) in [5.74, 6) is -0.710. The van der Waals surface area contributed by atoms with Gasteiger partial charge in [-0.2, -0.15) is 0 Å². The molecule has 19 heavy (non-hydrogen) atoms. The lowest BCUT2D eigenvalue weighted by molar-refractivity contribution is -0.144. The van der Waals surface area contributed by atoms with E-state index >= 15 is 0 Å². The fraction of sp³-hybridized carbons (Fsp3) is 0.933. The van der Waals surface area contributed by atoms with Gasteiger partial charge in [0, 0.05) is 31.2 Å². The molecule has 3 aliphatic rings. The second-order valence-corrected chi connectivity index (χ2v) is 6.63. The summed E-state index contributed by atoms with van der Waals surface area (Å²) >= 11 is 0. The predicted octanol–water partition coefficient (Wildman–Crippen LogP) is 1.80. The summed E-state index contributed by atoms with van der Waals surface area (Å²) in [6.45, 7) is 5.75. The highest BCUT2D eigenvalue weighted by Gasteiger charge is 2.42. The Labute approximate surface area is 115 Å². The minimum atomic E-state index is -0.583. The highest BCUT2D eigenvalue weighted by molar-refractivity contribution is 5.71. The average Bonchev–Trinajstić information content (AvgIpc) is 2.87. The summed E-state index contributed by atoms with van der Waals surface area (Å²) in [7, 11) is 0. The molecule has 2 aliphatic heterocycles. The zero-order valence-corrected chi connectivity index (χ0v) is 11.9. The first-order valence-electron chi connectivity index (χ1n) is 7.89. The number of carboxylic acid groups (broad SMARTS) is 1. The fourth-order valence-electron chi connectivity index (χ4n) is 4.46. The number of nitrogens with zero attached hydrogens (tertiary/aromatic N) is 2. The van der Waals surface area contributed by atoms with Crippen molar-refractivity contribution in [3.05, 3.63) is 0 Å². The van der Waals surface area contributed by atoms with Gasteiger partial charge in [0.2, 0.25) is 0 Å².